The molecule has 2 aliphatic heterocycles. The molecule has 2 aliphatic carbocycles. The number of anilines is 1. The molecule has 2 aromatic rings. The van der Waals surface area contributed by atoms with E-state index in [4.69, 9.17) is 23.2 Å². The largest absolute Gasteiger partial charge is 0.508 e. The predicted octanol–water partition coefficient (Wildman–Crippen LogP) is 4.31. The highest BCUT2D eigenvalue weighted by Gasteiger charge is 2.76. The smallest absolute Gasteiger partial charge is 0.254 e. The lowest BCUT2D eigenvalue weighted by molar-refractivity contribution is -0.138. The quantitative estimate of drug-likeness (QED) is 0.244. The summed E-state index contributed by atoms with van der Waals surface area (Å²) in [6.07, 6.45) is 2.02. The third-order valence-corrected chi connectivity index (χ3v) is 10.2. The molecule has 0 aromatic heterocycles. The second-order valence-electron chi connectivity index (χ2n) is 9.89. The predicted molar refractivity (Wildman–Crippen MR) is 140 cm³/mol. The van der Waals surface area contributed by atoms with Crippen LogP contribution in [0.2, 0.25) is 0 Å². The highest BCUT2D eigenvalue weighted by atomic mass is 79.9. The highest BCUT2D eigenvalue weighted by molar-refractivity contribution is 9.09. The molecule has 0 bridgehead atoms. The van der Waals surface area contributed by atoms with Crippen LogP contribution < -0.4 is 4.90 Å². The van der Waals surface area contributed by atoms with Crippen LogP contribution in [0.1, 0.15) is 24.3 Å². The van der Waals surface area contributed by atoms with Gasteiger partial charge in [-0.2, -0.15) is 0 Å². The van der Waals surface area contributed by atoms with E-state index in [2.05, 4.69) is 15.9 Å². The SMILES string of the molecule is O=C1[C@H]2[C@H](CC=C3[C@H]2C[C@@]2(Cl)C(=O)N(CBr)C(=O)[C@@]2(Cl)[C@H]3c2ccccc2O)C(=O)N1c1ccccc1. The summed E-state index contributed by atoms with van der Waals surface area (Å²) in [5.74, 6) is -5.14. The van der Waals surface area contributed by atoms with E-state index in [-0.39, 0.29) is 35.9 Å². The van der Waals surface area contributed by atoms with E-state index in [0.717, 1.165) is 4.90 Å². The number of fused-ring (bicyclic) bond motifs is 4. The Labute approximate surface area is 231 Å². The van der Waals surface area contributed by atoms with Crippen LogP contribution in [-0.2, 0) is 19.2 Å². The summed E-state index contributed by atoms with van der Waals surface area (Å²) in [6, 6.07) is 15.2. The van der Waals surface area contributed by atoms with Crippen LogP contribution in [0.15, 0.2) is 66.2 Å². The van der Waals surface area contributed by atoms with E-state index < -0.39 is 45.2 Å². The summed E-state index contributed by atoms with van der Waals surface area (Å²) in [5, 5.41) is 10.8. The molecule has 4 amide bonds. The molecule has 1 saturated carbocycles. The Balaban J connectivity index is 1.54. The van der Waals surface area contributed by atoms with Crippen molar-refractivity contribution in [1.82, 2.24) is 4.90 Å². The minimum atomic E-state index is -1.93. The zero-order valence-corrected chi connectivity index (χ0v) is 22.4. The van der Waals surface area contributed by atoms with E-state index in [9.17, 15) is 24.3 Å². The Kier molecular flexibility index (Phi) is 5.60. The zero-order valence-electron chi connectivity index (χ0n) is 19.3. The highest BCUT2D eigenvalue weighted by Crippen LogP contribution is 2.66. The van der Waals surface area contributed by atoms with Crippen molar-refractivity contribution < 1.29 is 24.3 Å². The Morgan fingerprint density at radius 3 is 2.27 bits per heavy atom. The normalized spacial score (nSPS) is 34.8. The minimum Gasteiger partial charge on any atom is -0.508 e. The van der Waals surface area contributed by atoms with E-state index in [0.29, 0.717) is 16.8 Å². The van der Waals surface area contributed by atoms with Crippen molar-refractivity contribution in [3.8, 4) is 5.75 Å². The van der Waals surface area contributed by atoms with E-state index in [1.807, 2.05) is 6.08 Å². The number of carbonyl (C=O) groups is 4. The number of para-hydroxylation sites is 2. The molecular formula is C27H21BrCl2N2O5. The van der Waals surface area contributed by atoms with Gasteiger partial charge in [-0.15, -0.1) is 23.2 Å². The molecule has 10 heteroatoms. The van der Waals surface area contributed by atoms with Crippen molar-refractivity contribution in [1.29, 1.82) is 0 Å². The summed E-state index contributed by atoms with van der Waals surface area (Å²) in [5.41, 5.74) is 1.36. The summed E-state index contributed by atoms with van der Waals surface area (Å²) in [6.45, 7) is 0. The number of carbonyl (C=O) groups excluding carboxylic acids is 4. The fraction of sp³-hybridized carbons (Fsp3) is 0.333. The second-order valence-corrected chi connectivity index (χ2v) is 11.6. The molecule has 0 unspecified atom stereocenters. The van der Waals surface area contributed by atoms with Gasteiger partial charge in [-0.3, -0.25) is 29.0 Å². The summed E-state index contributed by atoms with van der Waals surface area (Å²) in [4.78, 5) is 52.9. The van der Waals surface area contributed by atoms with E-state index in [1.165, 1.54) is 11.0 Å². The minimum absolute atomic E-state index is 0.0924. The molecule has 37 heavy (non-hydrogen) atoms. The lowest BCUT2D eigenvalue weighted by atomic mass is 9.56. The Bertz CT molecular complexity index is 1400. The van der Waals surface area contributed by atoms with Crippen molar-refractivity contribution >= 4 is 68.4 Å². The number of likely N-dealkylation sites (tertiary alicyclic amines) is 1. The number of phenols is 1. The van der Waals surface area contributed by atoms with Gasteiger partial charge in [0.2, 0.25) is 11.8 Å². The monoisotopic (exact) mass is 602 g/mol. The maximum absolute atomic E-state index is 13.8. The van der Waals surface area contributed by atoms with Gasteiger partial charge in [0.15, 0.2) is 9.75 Å². The number of nitrogens with zero attached hydrogens (tertiary/aromatic N) is 2. The molecule has 4 aliphatic rings. The van der Waals surface area contributed by atoms with Crippen LogP contribution in [0.3, 0.4) is 0 Å². The number of hydrogen-bond donors (Lipinski definition) is 1. The molecule has 2 heterocycles. The molecule has 2 aromatic carbocycles. The van der Waals surface area contributed by atoms with Gasteiger partial charge in [0.25, 0.3) is 11.8 Å². The molecule has 6 rings (SSSR count). The molecule has 7 nitrogen and oxygen atoms in total. The maximum Gasteiger partial charge on any atom is 0.254 e. The van der Waals surface area contributed by atoms with E-state index in [1.54, 1.807) is 48.5 Å². The van der Waals surface area contributed by atoms with Gasteiger partial charge in [-0.05, 0) is 37.0 Å². The van der Waals surface area contributed by atoms with Crippen LogP contribution in [-0.4, -0.2) is 48.8 Å². The van der Waals surface area contributed by atoms with Crippen LogP contribution in [0.5, 0.6) is 5.75 Å². The fourth-order valence-corrected chi connectivity index (χ4v) is 8.08. The third-order valence-electron chi connectivity index (χ3n) is 8.28. The van der Waals surface area contributed by atoms with Gasteiger partial charge in [-0.25, -0.2) is 0 Å². The van der Waals surface area contributed by atoms with Crippen molar-refractivity contribution in [2.24, 2.45) is 17.8 Å². The van der Waals surface area contributed by atoms with Gasteiger partial charge in [0.05, 0.1) is 23.0 Å². The number of alkyl halides is 3. The number of rotatable bonds is 3. The fourth-order valence-electron chi connectivity index (χ4n) is 6.66. The summed E-state index contributed by atoms with van der Waals surface area (Å²) < 4.78 is 0. The molecule has 190 valence electrons. The number of halogens is 3. The standard InChI is InChI=1S/C27H21BrCl2N2O5/c28-13-31-24(36)26(29)12-18-15(21(27(26,30)25(31)37)16-8-4-5-9-19(16)33)10-11-17-20(18)23(35)32(22(17)34)14-6-2-1-3-7-14/h1-10,17-18,20-21,33H,11-13H2/t17-,18+,20-,21+,26+,27-/m0/s1. The van der Waals surface area contributed by atoms with Crippen LogP contribution >= 0.6 is 39.1 Å². The number of hydrogen-bond acceptors (Lipinski definition) is 5. The number of amides is 4. The van der Waals surface area contributed by atoms with Gasteiger partial charge in [0.1, 0.15) is 5.75 Å². The Morgan fingerprint density at radius 1 is 0.919 bits per heavy atom. The average molecular weight is 604 g/mol. The lowest BCUT2D eigenvalue weighted by Gasteiger charge is -2.50. The molecular weight excluding hydrogens is 583 g/mol. The lowest BCUT2D eigenvalue weighted by Crippen LogP contribution is -2.60. The maximum atomic E-state index is 13.8. The molecule has 1 N–H and O–H groups in total. The second kappa shape index (κ2) is 8.41. The number of allylic oxidation sites excluding steroid dienone is 2. The first-order valence-electron chi connectivity index (χ1n) is 11.9. The molecule has 3 fully saturated rings. The third kappa shape index (κ3) is 3.06. The van der Waals surface area contributed by atoms with Gasteiger partial charge < -0.3 is 5.11 Å². The van der Waals surface area contributed by atoms with Crippen molar-refractivity contribution in [2.45, 2.75) is 28.5 Å². The van der Waals surface area contributed by atoms with Gasteiger partial charge >= 0.3 is 0 Å². The molecule has 6 atom stereocenters. The van der Waals surface area contributed by atoms with E-state index >= 15 is 0 Å². The molecule has 0 radical (unpaired) electrons. The molecule has 2 saturated heterocycles. The van der Waals surface area contributed by atoms with Crippen molar-refractivity contribution in [3.05, 3.63) is 71.8 Å². The topological polar surface area (TPSA) is 95.0 Å². The van der Waals surface area contributed by atoms with Crippen LogP contribution in [0.4, 0.5) is 5.69 Å². The molecule has 0 spiro atoms. The van der Waals surface area contributed by atoms with Crippen LogP contribution in [0, 0.1) is 17.8 Å². The first-order chi connectivity index (χ1) is 17.7. The summed E-state index contributed by atoms with van der Waals surface area (Å²) >= 11 is 17.5. The number of aromatic hydroxyl groups is 1. The van der Waals surface area contributed by atoms with Crippen molar-refractivity contribution in [2.75, 3.05) is 10.4 Å². The zero-order chi connectivity index (χ0) is 26.3. The van der Waals surface area contributed by atoms with Crippen molar-refractivity contribution in [3.63, 3.8) is 0 Å². The Hall–Kier alpha value is -2.68. The number of phenolic OH excluding ortho intramolecular Hbond substituents is 1. The average Bonchev–Trinajstić information content (AvgIpc) is 3.23. The number of imide groups is 2. The Morgan fingerprint density at radius 2 is 1.59 bits per heavy atom. The summed E-state index contributed by atoms with van der Waals surface area (Å²) in [7, 11) is 0. The van der Waals surface area contributed by atoms with Gasteiger partial charge in [-0.1, -0.05) is 64.0 Å². The first kappa shape index (κ1) is 24.6. The number of benzene rings is 2. The van der Waals surface area contributed by atoms with Gasteiger partial charge in [0, 0.05) is 11.5 Å². The van der Waals surface area contributed by atoms with Crippen LogP contribution in [0.25, 0.3) is 0 Å². The first-order valence-corrected chi connectivity index (χ1v) is 13.8.